The summed E-state index contributed by atoms with van der Waals surface area (Å²) < 4.78 is 0. The monoisotopic (exact) mass is 297 g/mol. The fourth-order valence-electron chi connectivity index (χ4n) is 3.31. The molecule has 4 rings (SSSR count). The van der Waals surface area contributed by atoms with Crippen LogP contribution in [-0.2, 0) is 6.54 Å². The molecular formula is C17H16ClN3. The van der Waals surface area contributed by atoms with E-state index in [-0.39, 0.29) is 0 Å². The molecule has 0 aliphatic carbocycles. The number of hydrogen-bond acceptors (Lipinski definition) is 2. The normalized spacial score (nSPS) is 18.9. The maximum Gasteiger partial charge on any atom is 0.0836 e. The van der Waals surface area contributed by atoms with Gasteiger partial charge in [0.1, 0.15) is 0 Å². The molecule has 1 aliphatic heterocycles. The Balaban J connectivity index is 1.88. The van der Waals surface area contributed by atoms with Crippen LogP contribution in [0.1, 0.15) is 22.6 Å². The molecule has 0 spiro atoms. The topological polar surface area (TPSA) is 31.9 Å². The van der Waals surface area contributed by atoms with E-state index in [1.165, 1.54) is 16.7 Å². The lowest BCUT2D eigenvalue weighted by Gasteiger charge is -2.32. The molecule has 1 N–H and O–H groups in total. The summed E-state index contributed by atoms with van der Waals surface area (Å²) in [6, 6.07) is 13.0. The maximum absolute atomic E-state index is 6.40. The van der Waals surface area contributed by atoms with Crippen LogP contribution in [0.15, 0.2) is 42.6 Å². The Morgan fingerprint density at radius 2 is 2.14 bits per heavy atom. The van der Waals surface area contributed by atoms with Crippen molar-refractivity contribution in [2.75, 3.05) is 13.6 Å². The molecule has 0 fully saturated rings. The van der Waals surface area contributed by atoms with Crippen LogP contribution >= 0.6 is 11.6 Å². The number of nitrogens with zero attached hydrogens (tertiary/aromatic N) is 2. The van der Waals surface area contributed by atoms with Crippen molar-refractivity contribution >= 4 is 22.5 Å². The van der Waals surface area contributed by atoms with Gasteiger partial charge >= 0.3 is 0 Å². The van der Waals surface area contributed by atoms with Gasteiger partial charge in [0.05, 0.1) is 16.7 Å². The molecule has 1 aromatic heterocycles. The summed E-state index contributed by atoms with van der Waals surface area (Å²) in [5, 5.41) is 8.86. The van der Waals surface area contributed by atoms with Crippen molar-refractivity contribution in [1.82, 2.24) is 15.1 Å². The van der Waals surface area contributed by atoms with Crippen LogP contribution < -0.4 is 0 Å². The zero-order valence-corrected chi connectivity index (χ0v) is 12.6. The molecule has 0 radical (unpaired) electrons. The second kappa shape index (κ2) is 4.86. The summed E-state index contributed by atoms with van der Waals surface area (Å²) in [5.41, 5.74) is 4.99. The standard InChI is InChI=1S/C17H16ClN3/c1-21-9-11-4-2-3-5-14(11)15(10-21)12-6-13-8-19-20-17(13)16(18)7-12/h2-8,15H,9-10H2,1H3,(H,19,20). The minimum atomic E-state index is 0.358. The van der Waals surface area contributed by atoms with Crippen molar-refractivity contribution in [3.8, 4) is 0 Å². The van der Waals surface area contributed by atoms with Crippen LogP contribution in [0.2, 0.25) is 5.02 Å². The Morgan fingerprint density at radius 3 is 3.05 bits per heavy atom. The average Bonchev–Trinajstić information content (AvgIpc) is 2.95. The molecule has 0 amide bonds. The number of fused-ring (bicyclic) bond motifs is 2. The molecular weight excluding hydrogens is 282 g/mol. The highest BCUT2D eigenvalue weighted by Crippen LogP contribution is 2.35. The molecule has 1 aliphatic rings. The summed E-state index contributed by atoms with van der Waals surface area (Å²) >= 11 is 6.40. The first-order valence-electron chi connectivity index (χ1n) is 7.11. The highest BCUT2D eigenvalue weighted by molar-refractivity contribution is 6.35. The van der Waals surface area contributed by atoms with Crippen LogP contribution in [0, 0.1) is 0 Å². The first kappa shape index (κ1) is 12.9. The van der Waals surface area contributed by atoms with Crippen molar-refractivity contribution in [2.24, 2.45) is 0 Å². The van der Waals surface area contributed by atoms with Crippen molar-refractivity contribution in [3.63, 3.8) is 0 Å². The minimum Gasteiger partial charge on any atom is -0.301 e. The van der Waals surface area contributed by atoms with E-state index >= 15 is 0 Å². The van der Waals surface area contributed by atoms with E-state index in [1.54, 1.807) is 0 Å². The third-order valence-electron chi connectivity index (χ3n) is 4.29. The molecule has 4 heteroatoms. The molecule has 21 heavy (non-hydrogen) atoms. The van der Waals surface area contributed by atoms with Crippen molar-refractivity contribution < 1.29 is 0 Å². The van der Waals surface area contributed by atoms with Crippen LogP contribution in [0.25, 0.3) is 10.9 Å². The number of halogens is 1. The molecule has 3 aromatic rings. The van der Waals surface area contributed by atoms with Crippen LogP contribution in [-0.4, -0.2) is 28.7 Å². The van der Waals surface area contributed by atoms with Gasteiger partial charge in [0.15, 0.2) is 0 Å². The van der Waals surface area contributed by atoms with Gasteiger partial charge < -0.3 is 4.90 Å². The second-order valence-corrected chi connectivity index (χ2v) is 6.19. The van der Waals surface area contributed by atoms with Crippen LogP contribution in [0.5, 0.6) is 0 Å². The zero-order chi connectivity index (χ0) is 14.4. The number of aromatic nitrogens is 2. The second-order valence-electron chi connectivity index (χ2n) is 5.79. The Morgan fingerprint density at radius 1 is 1.29 bits per heavy atom. The lowest BCUT2D eigenvalue weighted by molar-refractivity contribution is 0.295. The first-order valence-corrected chi connectivity index (χ1v) is 7.49. The molecule has 1 unspecified atom stereocenters. The lowest BCUT2D eigenvalue weighted by Crippen LogP contribution is -2.30. The van der Waals surface area contributed by atoms with Gasteiger partial charge in [0, 0.05) is 24.4 Å². The first-order chi connectivity index (χ1) is 10.2. The minimum absolute atomic E-state index is 0.358. The number of H-pyrrole nitrogens is 1. The van der Waals surface area contributed by atoms with Crippen molar-refractivity contribution in [2.45, 2.75) is 12.5 Å². The fourth-order valence-corrected chi connectivity index (χ4v) is 3.58. The van der Waals surface area contributed by atoms with Gasteiger partial charge in [-0.1, -0.05) is 35.9 Å². The number of benzene rings is 2. The fraction of sp³-hybridized carbons (Fsp3) is 0.235. The SMILES string of the molecule is CN1Cc2ccccc2C(c2cc(Cl)c3[nH]ncc3c2)C1. The quantitative estimate of drug-likeness (QED) is 0.741. The number of nitrogens with one attached hydrogen (secondary N) is 1. The van der Waals surface area contributed by atoms with Gasteiger partial charge in [-0.15, -0.1) is 0 Å². The third kappa shape index (κ3) is 2.13. The van der Waals surface area contributed by atoms with E-state index in [0.717, 1.165) is 29.0 Å². The molecule has 0 saturated heterocycles. The molecule has 3 nitrogen and oxygen atoms in total. The largest absolute Gasteiger partial charge is 0.301 e. The van der Waals surface area contributed by atoms with E-state index in [0.29, 0.717) is 5.92 Å². The van der Waals surface area contributed by atoms with Gasteiger partial charge in [-0.2, -0.15) is 5.10 Å². The lowest BCUT2D eigenvalue weighted by atomic mass is 9.84. The molecule has 2 heterocycles. The van der Waals surface area contributed by atoms with Gasteiger partial charge in [-0.3, -0.25) is 5.10 Å². The zero-order valence-electron chi connectivity index (χ0n) is 11.8. The third-order valence-corrected chi connectivity index (χ3v) is 4.59. The van der Waals surface area contributed by atoms with Gasteiger partial charge in [-0.05, 0) is 35.9 Å². The maximum atomic E-state index is 6.40. The summed E-state index contributed by atoms with van der Waals surface area (Å²) in [6.45, 7) is 2.02. The number of aromatic amines is 1. The molecule has 0 saturated carbocycles. The Kier molecular flexibility index (Phi) is 2.98. The van der Waals surface area contributed by atoms with Crippen molar-refractivity contribution in [1.29, 1.82) is 0 Å². The molecule has 2 aromatic carbocycles. The van der Waals surface area contributed by atoms with E-state index in [2.05, 4.69) is 58.5 Å². The Bertz CT molecular complexity index is 809. The van der Waals surface area contributed by atoms with E-state index in [4.69, 9.17) is 11.6 Å². The predicted octanol–water partition coefficient (Wildman–Crippen LogP) is 3.79. The van der Waals surface area contributed by atoms with Gasteiger partial charge in [-0.25, -0.2) is 0 Å². The van der Waals surface area contributed by atoms with E-state index in [1.807, 2.05) is 6.20 Å². The molecule has 106 valence electrons. The summed E-state index contributed by atoms with van der Waals surface area (Å²) in [6.07, 6.45) is 1.84. The van der Waals surface area contributed by atoms with E-state index < -0.39 is 0 Å². The number of rotatable bonds is 1. The number of likely N-dealkylation sites (N-methyl/N-ethyl adjacent to an activating group) is 1. The predicted molar refractivity (Wildman–Crippen MR) is 85.7 cm³/mol. The highest BCUT2D eigenvalue weighted by atomic mass is 35.5. The van der Waals surface area contributed by atoms with Crippen molar-refractivity contribution in [3.05, 3.63) is 64.3 Å². The van der Waals surface area contributed by atoms with E-state index in [9.17, 15) is 0 Å². The molecule has 1 atom stereocenters. The van der Waals surface area contributed by atoms with Gasteiger partial charge in [0.25, 0.3) is 0 Å². The Hall–Kier alpha value is -1.84. The van der Waals surface area contributed by atoms with Crippen LogP contribution in [0.3, 0.4) is 0 Å². The summed E-state index contributed by atoms with van der Waals surface area (Å²) in [5.74, 6) is 0.358. The summed E-state index contributed by atoms with van der Waals surface area (Å²) in [7, 11) is 2.17. The van der Waals surface area contributed by atoms with Crippen LogP contribution in [0.4, 0.5) is 0 Å². The molecule has 0 bridgehead atoms. The van der Waals surface area contributed by atoms with Gasteiger partial charge in [0.2, 0.25) is 0 Å². The smallest absolute Gasteiger partial charge is 0.0836 e. The summed E-state index contributed by atoms with van der Waals surface area (Å²) in [4.78, 5) is 2.36. The Labute approximate surface area is 128 Å². The highest BCUT2D eigenvalue weighted by Gasteiger charge is 2.25. The number of hydrogen-bond donors (Lipinski definition) is 1. The average molecular weight is 298 g/mol.